The van der Waals surface area contributed by atoms with Gasteiger partial charge in [-0.25, -0.2) is 0 Å². The van der Waals surface area contributed by atoms with E-state index < -0.39 is 18.9 Å². The fourth-order valence-corrected chi connectivity index (χ4v) is 2.48. The summed E-state index contributed by atoms with van der Waals surface area (Å²) in [6, 6.07) is 5.83. The van der Waals surface area contributed by atoms with Gasteiger partial charge in [-0.3, -0.25) is 4.79 Å². The molecule has 0 spiro atoms. The number of hydrogen-bond donors (Lipinski definition) is 2. The Kier molecular flexibility index (Phi) is 7.98. The molecule has 1 heterocycles. The highest BCUT2D eigenvalue weighted by Crippen LogP contribution is 2.23. The number of ether oxygens (including phenoxy) is 2. The molecule has 0 saturated carbocycles. The second kappa shape index (κ2) is 9.26. The lowest BCUT2D eigenvalue weighted by Crippen LogP contribution is -2.36. The third-order valence-corrected chi connectivity index (χ3v) is 3.80. The van der Waals surface area contributed by atoms with Crippen molar-refractivity contribution in [1.82, 2.24) is 5.32 Å². The molecule has 9 heteroatoms. The molecule has 1 unspecified atom stereocenters. The maximum absolute atomic E-state index is 12.1. The van der Waals surface area contributed by atoms with Gasteiger partial charge in [0.2, 0.25) is 5.91 Å². The van der Waals surface area contributed by atoms with Crippen molar-refractivity contribution in [1.29, 1.82) is 0 Å². The van der Waals surface area contributed by atoms with Gasteiger partial charge in [0.25, 0.3) is 0 Å². The van der Waals surface area contributed by atoms with E-state index in [0.29, 0.717) is 13.0 Å². The summed E-state index contributed by atoms with van der Waals surface area (Å²) in [6.07, 6.45) is -3.57. The predicted octanol–water partition coefficient (Wildman–Crippen LogP) is 2.73. The first-order valence-electron chi connectivity index (χ1n) is 7.74. The van der Waals surface area contributed by atoms with Crippen LogP contribution >= 0.6 is 12.4 Å². The van der Waals surface area contributed by atoms with E-state index >= 15 is 0 Å². The third kappa shape index (κ3) is 6.72. The molecule has 0 radical (unpaired) electrons. The molecule has 1 aromatic rings. The fourth-order valence-electron chi connectivity index (χ4n) is 2.48. The number of alkyl halides is 3. The minimum atomic E-state index is -4.37. The maximum Gasteiger partial charge on any atom is 0.422 e. The van der Waals surface area contributed by atoms with Gasteiger partial charge in [0.1, 0.15) is 11.9 Å². The number of carbonyl (C=O) groups is 1. The zero-order valence-electron chi connectivity index (χ0n) is 13.7. The SMILES string of the molecule is CC(NC(=O)[C@@H]1CC[C@H](CN)O1)c1ccc(OCC(F)(F)F)cc1.Cl. The molecule has 1 aliphatic heterocycles. The van der Waals surface area contributed by atoms with Crippen LogP contribution in [0.15, 0.2) is 24.3 Å². The molecule has 2 rings (SSSR count). The lowest BCUT2D eigenvalue weighted by Gasteiger charge is -2.18. The summed E-state index contributed by atoms with van der Waals surface area (Å²) in [5.41, 5.74) is 6.28. The Hall–Kier alpha value is -1.51. The lowest BCUT2D eigenvalue weighted by atomic mass is 10.1. The molecule has 0 bridgehead atoms. The first-order chi connectivity index (χ1) is 11.3. The second-order valence-electron chi connectivity index (χ2n) is 5.76. The van der Waals surface area contributed by atoms with Gasteiger partial charge in [0.15, 0.2) is 6.61 Å². The van der Waals surface area contributed by atoms with Gasteiger partial charge >= 0.3 is 6.18 Å². The Balaban J connectivity index is 0.00000312. The molecule has 142 valence electrons. The predicted molar refractivity (Wildman–Crippen MR) is 88.7 cm³/mol. The molecule has 1 saturated heterocycles. The van der Waals surface area contributed by atoms with Crippen molar-refractivity contribution in [3.63, 3.8) is 0 Å². The van der Waals surface area contributed by atoms with Crippen molar-refractivity contribution in [2.45, 2.75) is 44.2 Å². The molecule has 1 aliphatic rings. The summed E-state index contributed by atoms with van der Waals surface area (Å²) in [5, 5.41) is 2.83. The monoisotopic (exact) mass is 382 g/mol. The van der Waals surface area contributed by atoms with Crippen molar-refractivity contribution in [3.8, 4) is 5.75 Å². The number of nitrogens with one attached hydrogen (secondary N) is 1. The number of carbonyl (C=O) groups excluding carboxylic acids is 1. The van der Waals surface area contributed by atoms with E-state index in [1.165, 1.54) is 12.1 Å². The first-order valence-corrected chi connectivity index (χ1v) is 7.74. The van der Waals surface area contributed by atoms with E-state index in [4.69, 9.17) is 10.5 Å². The van der Waals surface area contributed by atoms with E-state index in [2.05, 4.69) is 10.1 Å². The highest BCUT2D eigenvalue weighted by molar-refractivity contribution is 5.85. The van der Waals surface area contributed by atoms with Crippen molar-refractivity contribution >= 4 is 18.3 Å². The second-order valence-corrected chi connectivity index (χ2v) is 5.76. The average molecular weight is 383 g/mol. The third-order valence-electron chi connectivity index (χ3n) is 3.80. The lowest BCUT2D eigenvalue weighted by molar-refractivity contribution is -0.153. The molecule has 1 aromatic carbocycles. The molecule has 1 amide bonds. The van der Waals surface area contributed by atoms with Crippen molar-refractivity contribution in [3.05, 3.63) is 29.8 Å². The van der Waals surface area contributed by atoms with Crippen LogP contribution in [0.2, 0.25) is 0 Å². The van der Waals surface area contributed by atoms with Gasteiger partial charge < -0.3 is 20.5 Å². The van der Waals surface area contributed by atoms with E-state index in [1.54, 1.807) is 19.1 Å². The molecule has 5 nitrogen and oxygen atoms in total. The number of hydrogen-bond acceptors (Lipinski definition) is 4. The average Bonchev–Trinajstić information content (AvgIpc) is 3.02. The Morgan fingerprint density at radius 2 is 2.00 bits per heavy atom. The number of halogens is 4. The van der Waals surface area contributed by atoms with Crippen LogP contribution < -0.4 is 15.8 Å². The highest BCUT2D eigenvalue weighted by Gasteiger charge is 2.30. The van der Waals surface area contributed by atoms with Gasteiger partial charge in [0.05, 0.1) is 12.1 Å². The highest BCUT2D eigenvalue weighted by atomic mass is 35.5. The summed E-state index contributed by atoms with van der Waals surface area (Å²) in [4.78, 5) is 12.1. The molecule has 3 atom stereocenters. The van der Waals surface area contributed by atoms with Crippen LogP contribution in [-0.4, -0.2) is 37.4 Å². The van der Waals surface area contributed by atoms with Gasteiger partial charge in [-0.05, 0) is 37.5 Å². The van der Waals surface area contributed by atoms with E-state index in [-0.39, 0.29) is 36.2 Å². The van der Waals surface area contributed by atoms with E-state index in [1.807, 2.05) is 0 Å². The standard InChI is InChI=1S/C16H21F3N2O3.ClH/c1-10(21-15(22)14-7-6-13(8-20)24-14)11-2-4-12(5-3-11)23-9-16(17,18)19;/h2-5,10,13-14H,6-9,20H2,1H3,(H,21,22);1H/t10?,13-,14+;/m1./s1. The van der Waals surface area contributed by atoms with Crippen LogP contribution in [0.4, 0.5) is 13.2 Å². The van der Waals surface area contributed by atoms with Crippen LogP contribution in [0.1, 0.15) is 31.4 Å². The molecule has 0 aromatic heterocycles. The normalized spacial score (nSPS) is 21.3. The Morgan fingerprint density at radius 1 is 1.36 bits per heavy atom. The quantitative estimate of drug-likeness (QED) is 0.793. The van der Waals surface area contributed by atoms with Crippen LogP contribution in [0.25, 0.3) is 0 Å². The topological polar surface area (TPSA) is 73.6 Å². The number of benzene rings is 1. The minimum absolute atomic E-state index is 0. The van der Waals surface area contributed by atoms with Gasteiger partial charge in [-0.15, -0.1) is 12.4 Å². The minimum Gasteiger partial charge on any atom is -0.484 e. The largest absolute Gasteiger partial charge is 0.484 e. The molecular formula is C16H22ClF3N2O3. The Bertz CT molecular complexity index is 555. The summed E-state index contributed by atoms with van der Waals surface area (Å²) >= 11 is 0. The summed E-state index contributed by atoms with van der Waals surface area (Å²) in [7, 11) is 0. The zero-order chi connectivity index (χ0) is 17.7. The number of rotatable bonds is 6. The van der Waals surface area contributed by atoms with Crippen molar-refractivity contribution in [2.24, 2.45) is 5.73 Å². The van der Waals surface area contributed by atoms with Crippen LogP contribution in [0.3, 0.4) is 0 Å². The zero-order valence-corrected chi connectivity index (χ0v) is 14.5. The summed E-state index contributed by atoms with van der Waals surface area (Å²) < 4.78 is 46.5. The first kappa shape index (κ1) is 21.5. The smallest absolute Gasteiger partial charge is 0.422 e. The molecular weight excluding hydrogens is 361 g/mol. The van der Waals surface area contributed by atoms with Crippen LogP contribution in [-0.2, 0) is 9.53 Å². The summed E-state index contributed by atoms with van der Waals surface area (Å²) in [6.45, 7) is 0.845. The Labute approximate surface area is 150 Å². The van der Waals surface area contributed by atoms with Crippen molar-refractivity contribution < 1.29 is 27.4 Å². The fraction of sp³-hybridized carbons (Fsp3) is 0.562. The maximum atomic E-state index is 12.1. The van der Waals surface area contributed by atoms with Crippen LogP contribution in [0.5, 0.6) is 5.75 Å². The van der Waals surface area contributed by atoms with Crippen molar-refractivity contribution in [2.75, 3.05) is 13.2 Å². The molecule has 25 heavy (non-hydrogen) atoms. The van der Waals surface area contributed by atoms with E-state index in [0.717, 1.165) is 12.0 Å². The number of amides is 1. The van der Waals surface area contributed by atoms with E-state index in [9.17, 15) is 18.0 Å². The number of nitrogens with two attached hydrogens (primary N) is 1. The molecule has 3 N–H and O–H groups in total. The summed E-state index contributed by atoms with van der Waals surface area (Å²) in [5.74, 6) is -0.0876. The molecule has 0 aliphatic carbocycles. The van der Waals surface area contributed by atoms with Gasteiger partial charge in [-0.2, -0.15) is 13.2 Å². The van der Waals surface area contributed by atoms with Gasteiger partial charge in [0, 0.05) is 6.54 Å². The molecule has 1 fully saturated rings. The van der Waals surface area contributed by atoms with Crippen LogP contribution in [0, 0.1) is 0 Å². The Morgan fingerprint density at radius 3 is 2.52 bits per heavy atom. The van der Waals surface area contributed by atoms with Gasteiger partial charge in [-0.1, -0.05) is 12.1 Å².